The van der Waals surface area contributed by atoms with Gasteiger partial charge in [0.25, 0.3) is 5.69 Å². The van der Waals surface area contributed by atoms with Crippen molar-refractivity contribution in [2.45, 2.75) is 42.2 Å². The number of rotatable bonds is 8. The second kappa shape index (κ2) is 7.57. The molecule has 3 rings (SSSR count). The third-order valence-corrected chi connectivity index (χ3v) is 6.44. The average Bonchev–Trinajstić information content (AvgIpc) is 2.88. The number of aliphatic carboxylic acids is 1. The molecule has 4 N–H and O–H groups in total. The Morgan fingerprint density at radius 3 is 2.57 bits per heavy atom. The summed E-state index contributed by atoms with van der Waals surface area (Å²) in [7, 11) is 0. The molecule has 4 atom stereocenters. The number of hydrogen-bond acceptors (Lipinski definition) is 8. The molecule has 0 aromatic heterocycles. The molecule has 1 aromatic carbocycles. The first kappa shape index (κ1) is 20.4. The van der Waals surface area contributed by atoms with Gasteiger partial charge in [0.2, 0.25) is 5.91 Å². The Morgan fingerprint density at radius 1 is 1.36 bits per heavy atom. The number of benzene rings is 1. The van der Waals surface area contributed by atoms with Crippen LogP contribution in [0.4, 0.5) is 11.4 Å². The van der Waals surface area contributed by atoms with E-state index in [1.807, 2.05) is 13.8 Å². The fraction of sp³-hybridized carbons (Fsp3) is 0.529. The minimum absolute atomic E-state index is 0.0162. The van der Waals surface area contributed by atoms with Crippen molar-refractivity contribution in [3.8, 4) is 0 Å². The van der Waals surface area contributed by atoms with Gasteiger partial charge in [0.15, 0.2) is 0 Å². The zero-order valence-electron chi connectivity index (χ0n) is 15.4. The summed E-state index contributed by atoms with van der Waals surface area (Å²) in [5, 5.41) is 35.9. The number of aliphatic hydroxyl groups is 1. The van der Waals surface area contributed by atoms with Crippen molar-refractivity contribution in [1.82, 2.24) is 10.2 Å². The third-order valence-electron chi connectivity index (χ3n) is 4.87. The highest BCUT2D eigenvalue weighted by molar-refractivity contribution is 8.01. The number of thioether (sulfide) groups is 1. The topological polar surface area (TPSA) is 145 Å². The maximum atomic E-state index is 12.4. The SMILES string of the molecule is CC1(C)SC2C(NCC(O)CNc3ccc([N+](=O)[O-])cc3)C(=O)N2C1C(=O)O. The Hall–Kier alpha value is -2.37. The number of anilines is 1. The van der Waals surface area contributed by atoms with Gasteiger partial charge in [-0.2, -0.15) is 0 Å². The predicted molar refractivity (Wildman–Crippen MR) is 103 cm³/mol. The second-order valence-electron chi connectivity index (χ2n) is 7.32. The molecule has 28 heavy (non-hydrogen) atoms. The number of carbonyl (C=O) groups is 2. The Labute approximate surface area is 165 Å². The number of amides is 1. The minimum Gasteiger partial charge on any atom is -0.480 e. The van der Waals surface area contributed by atoms with Crippen molar-refractivity contribution in [1.29, 1.82) is 0 Å². The van der Waals surface area contributed by atoms with Gasteiger partial charge >= 0.3 is 5.97 Å². The van der Waals surface area contributed by atoms with Gasteiger partial charge in [-0.15, -0.1) is 11.8 Å². The highest BCUT2D eigenvalue weighted by Gasteiger charge is 2.63. The lowest BCUT2D eigenvalue weighted by Crippen LogP contribution is -2.70. The van der Waals surface area contributed by atoms with E-state index in [2.05, 4.69) is 10.6 Å². The van der Waals surface area contributed by atoms with Gasteiger partial charge in [0.05, 0.1) is 11.0 Å². The summed E-state index contributed by atoms with van der Waals surface area (Å²) in [4.78, 5) is 35.4. The largest absolute Gasteiger partial charge is 0.480 e. The Balaban J connectivity index is 1.48. The van der Waals surface area contributed by atoms with Crippen LogP contribution >= 0.6 is 11.8 Å². The normalized spacial score (nSPS) is 26.3. The summed E-state index contributed by atoms with van der Waals surface area (Å²) < 4.78 is -0.585. The number of hydrogen-bond donors (Lipinski definition) is 4. The van der Waals surface area contributed by atoms with Crippen molar-refractivity contribution in [2.75, 3.05) is 18.4 Å². The van der Waals surface area contributed by atoms with Crippen LogP contribution in [0, 0.1) is 10.1 Å². The predicted octanol–water partition coefficient (Wildman–Crippen LogP) is 0.473. The standard InChI is InChI=1S/C17H22N4O6S/c1-17(2)13(16(24)25)20-14(23)12(15(20)28-17)19-8-11(22)7-18-9-3-5-10(6-4-9)21(26)27/h3-6,11-13,15,18-19,22H,7-8H2,1-2H3,(H,24,25). The zero-order chi connectivity index (χ0) is 20.6. The Bertz CT molecular complexity index is 786. The lowest BCUT2D eigenvalue weighted by atomic mass is 9.96. The van der Waals surface area contributed by atoms with E-state index in [-0.39, 0.29) is 30.1 Å². The number of nitro groups is 1. The number of β-lactam (4-membered cyclic amide) rings is 1. The Kier molecular flexibility index (Phi) is 5.50. The van der Waals surface area contributed by atoms with Gasteiger partial charge in [-0.3, -0.25) is 14.9 Å². The molecule has 0 saturated carbocycles. The summed E-state index contributed by atoms with van der Waals surface area (Å²) in [6.45, 7) is 3.96. The van der Waals surface area contributed by atoms with Crippen LogP contribution in [0.15, 0.2) is 24.3 Å². The molecule has 0 bridgehead atoms. The molecule has 11 heteroatoms. The van der Waals surface area contributed by atoms with E-state index in [9.17, 15) is 29.9 Å². The minimum atomic E-state index is -1.01. The van der Waals surface area contributed by atoms with Crippen LogP contribution in [0.2, 0.25) is 0 Å². The van der Waals surface area contributed by atoms with E-state index in [0.717, 1.165) is 0 Å². The summed E-state index contributed by atoms with van der Waals surface area (Å²) in [5.74, 6) is -1.29. The molecule has 152 valence electrons. The third kappa shape index (κ3) is 3.77. The van der Waals surface area contributed by atoms with E-state index < -0.39 is 33.8 Å². The van der Waals surface area contributed by atoms with Gasteiger partial charge in [0.1, 0.15) is 17.5 Å². The average molecular weight is 410 g/mol. The molecule has 10 nitrogen and oxygen atoms in total. The number of carboxylic acids is 1. The van der Waals surface area contributed by atoms with E-state index in [1.54, 1.807) is 12.1 Å². The summed E-state index contributed by atoms with van der Waals surface area (Å²) >= 11 is 1.44. The molecule has 0 radical (unpaired) electrons. The first-order valence-electron chi connectivity index (χ1n) is 8.74. The van der Waals surface area contributed by atoms with Gasteiger partial charge in [-0.05, 0) is 26.0 Å². The molecule has 1 aromatic rings. The van der Waals surface area contributed by atoms with Crippen molar-refractivity contribution in [3.05, 3.63) is 34.4 Å². The number of nitro benzene ring substituents is 1. The fourth-order valence-electron chi connectivity index (χ4n) is 3.47. The molecule has 0 aliphatic carbocycles. The molecule has 4 unspecified atom stereocenters. The zero-order valence-corrected chi connectivity index (χ0v) is 16.2. The van der Waals surface area contributed by atoms with E-state index in [4.69, 9.17) is 0 Å². The first-order chi connectivity index (χ1) is 13.1. The maximum absolute atomic E-state index is 12.4. The van der Waals surface area contributed by atoms with Gasteiger partial charge in [-0.25, -0.2) is 4.79 Å². The van der Waals surface area contributed by atoms with Crippen LogP contribution in [0.25, 0.3) is 0 Å². The van der Waals surface area contributed by atoms with Crippen molar-refractivity contribution in [3.63, 3.8) is 0 Å². The quantitative estimate of drug-likeness (QED) is 0.273. The lowest BCUT2D eigenvalue weighted by Gasteiger charge is -2.44. The smallest absolute Gasteiger partial charge is 0.327 e. The summed E-state index contributed by atoms with van der Waals surface area (Å²) in [5.41, 5.74) is 0.616. The molecule has 2 heterocycles. The second-order valence-corrected chi connectivity index (χ2v) is 9.09. The number of nitrogens with one attached hydrogen (secondary N) is 2. The van der Waals surface area contributed by atoms with Crippen LogP contribution < -0.4 is 10.6 Å². The molecule has 1 amide bonds. The van der Waals surface area contributed by atoms with Crippen LogP contribution in [0.5, 0.6) is 0 Å². The van der Waals surface area contributed by atoms with Crippen molar-refractivity contribution in [2.24, 2.45) is 0 Å². The number of fused-ring (bicyclic) bond motifs is 1. The van der Waals surface area contributed by atoms with E-state index in [1.165, 1.54) is 28.8 Å². The number of non-ortho nitro benzene ring substituents is 1. The Morgan fingerprint density at radius 2 is 2.00 bits per heavy atom. The van der Waals surface area contributed by atoms with Crippen LogP contribution in [0.3, 0.4) is 0 Å². The highest BCUT2D eigenvalue weighted by atomic mass is 32.2. The monoisotopic (exact) mass is 410 g/mol. The highest BCUT2D eigenvalue weighted by Crippen LogP contribution is 2.50. The number of nitrogens with zero attached hydrogens (tertiary/aromatic N) is 2. The van der Waals surface area contributed by atoms with Gasteiger partial charge in [0, 0.05) is 35.7 Å². The fourth-order valence-corrected chi connectivity index (χ4v) is 5.13. The van der Waals surface area contributed by atoms with Crippen LogP contribution in [-0.2, 0) is 9.59 Å². The molecule has 2 fully saturated rings. The molecular formula is C17H22N4O6S. The molecular weight excluding hydrogens is 388 g/mol. The molecule has 0 spiro atoms. The number of carboxylic acid groups (broad SMARTS) is 1. The first-order valence-corrected chi connectivity index (χ1v) is 9.62. The molecule has 2 aliphatic rings. The van der Waals surface area contributed by atoms with Crippen molar-refractivity contribution < 1.29 is 24.7 Å². The van der Waals surface area contributed by atoms with Gasteiger partial charge < -0.3 is 25.7 Å². The molecule has 2 saturated heterocycles. The number of carbonyl (C=O) groups excluding carboxylic acids is 1. The number of aliphatic hydroxyl groups excluding tert-OH is 1. The summed E-state index contributed by atoms with van der Waals surface area (Å²) in [6.07, 6.45) is -0.799. The molecule has 2 aliphatic heterocycles. The van der Waals surface area contributed by atoms with E-state index in [0.29, 0.717) is 5.69 Å². The van der Waals surface area contributed by atoms with Crippen molar-refractivity contribution >= 4 is 35.0 Å². The van der Waals surface area contributed by atoms with E-state index >= 15 is 0 Å². The maximum Gasteiger partial charge on any atom is 0.327 e. The lowest BCUT2D eigenvalue weighted by molar-refractivity contribution is -0.384. The van der Waals surface area contributed by atoms with Gasteiger partial charge in [-0.1, -0.05) is 0 Å². The van der Waals surface area contributed by atoms with Crippen LogP contribution in [-0.4, -0.2) is 73.3 Å². The van der Waals surface area contributed by atoms with Crippen LogP contribution in [0.1, 0.15) is 13.8 Å². The summed E-state index contributed by atoms with van der Waals surface area (Å²) in [6, 6.07) is 4.45.